The first-order valence-electron chi connectivity index (χ1n) is 4.56. The molecule has 1 unspecified atom stereocenters. The number of rotatable bonds is 0. The number of nitriles is 1. The predicted octanol–water partition coefficient (Wildman–Crippen LogP) is 2.63. The van der Waals surface area contributed by atoms with E-state index in [4.69, 9.17) is 5.26 Å². The van der Waals surface area contributed by atoms with Gasteiger partial charge in [-0.3, -0.25) is 4.98 Å². The topological polar surface area (TPSA) is 36.7 Å². The summed E-state index contributed by atoms with van der Waals surface area (Å²) in [5.41, 5.74) is 2.56. The van der Waals surface area contributed by atoms with E-state index in [9.17, 15) is 0 Å². The van der Waals surface area contributed by atoms with Crippen LogP contribution in [0.25, 0.3) is 12.2 Å². The monoisotopic (exact) mass is 182 g/mol. The highest BCUT2D eigenvalue weighted by atomic mass is 14.7. The summed E-state index contributed by atoms with van der Waals surface area (Å²) in [7, 11) is 0. The molecule has 0 aromatic carbocycles. The standard InChI is InChI=1S/C12H10N2/c1-9-2-4-11-6-10(7-13)8-14-12(11)5-3-9/h2-6,8-9H,1H3. The van der Waals surface area contributed by atoms with E-state index >= 15 is 0 Å². The first kappa shape index (κ1) is 8.71. The second-order valence-electron chi connectivity index (χ2n) is 3.39. The lowest BCUT2D eigenvalue weighted by molar-refractivity contribution is 0.953. The highest BCUT2D eigenvalue weighted by Gasteiger charge is 2.04. The Labute approximate surface area is 83.2 Å². The van der Waals surface area contributed by atoms with Crippen molar-refractivity contribution in [2.45, 2.75) is 6.92 Å². The van der Waals surface area contributed by atoms with E-state index in [2.05, 4.69) is 30.1 Å². The van der Waals surface area contributed by atoms with Gasteiger partial charge < -0.3 is 0 Å². The second-order valence-corrected chi connectivity index (χ2v) is 3.39. The molecule has 0 radical (unpaired) electrons. The lowest BCUT2D eigenvalue weighted by Crippen LogP contribution is -1.87. The summed E-state index contributed by atoms with van der Waals surface area (Å²) < 4.78 is 0. The summed E-state index contributed by atoms with van der Waals surface area (Å²) >= 11 is 0. The molecule has 1 aromatic heterocycles. The number of aromatic nitrogens is 1. The largest absolute Gasteiger partial charge is 0.255 e. The van der Waals surface area contributed by atoms with Gasteiger partial charge in [0.2, 0.25) is 0 Å². The summed E-state index contributed by atoms with van der Waals surface area (Å²) in [4.78, 5) is 4.22. The van der Waals surface area contributed by atoms with Crippen LogP contribution in [0.1, 0.15) is 23.7 Å². The molecule has 0 N–H and O–H groups in total. The number of fused-ring (bicyclic) bond motifs is 1. The number of pyridine rings is 1. The molecule has 68 valence electrons. The Morgan fingerprint density at radius 3 is 2.93 bits per heavy atom. The maximum absolute atomic E-state index is 8.73. The van der Waals surface area contributed by atoms with Crippen molar-refractivity contribution in [2.24, 2.45) is 5.92 Å². The molecular formula is C12H10N2. The van der Waals surface area contributed by atoms with E-state index in [1.54, 1.807) is 6.20 Å². The summed E-state index contributed by atoms with van der Waals surface area (Å²) in [6, 6.07) is 3.95. The number of nitrogens with zero attached hydrogens (tertiary/aromatic N) is 2. The van der Waals surface area contributed by atoms with Gasteiger partial charge in [-0.25, -0.2) is 0 Å². The third-order valence-electron chi connectivity index (χ3n) is 2.22. The smallest absolute Gasteiger partial charge is 0.101 e. The molecule has 0 saturated carbocycles. The van der Waals surface area contributed by atoms with Gasteiger partial charge in [-0.2, -0.15) is 5.26 Å². The van der Waals surface area contributed by atoms with Crippen molar-refractivity contribution in [3.8, 4) is 6.07 Å². The molecule has 0 amide bonds. The molecule has 0 bridgehead atoms. The fraction of sp³-hybridized carbons (Fsp3) is 0.167. The van der Waals surface area contributed by atoms with E-state index in [-0.39, 0.29) is 0 Å². The number of hydrogen-bond acceptors (Lipinski definition) is 2. The Bertz CT molecular complexity index is 450. The molecule has 1 heterocycles. The fourth-order valence-electron chi connectivity index (χ4n) is 1.39. The van der Waals surface area contributed by atoms with Gasteiger partial charge in [0.25, 0.3) is 0 Å². The van der Waals surface area contributed by atoms with Crippen molar-refractivity contribution in [1.82, 2.24) is 4.98 Å². The molecule has 2 rings (SSSR count). The van der Waals surface area contributed by atoms with Gasteiger partial charge in [0.15, 0.2) is 0 Å². The Morgan fingerprint density at radius 1 is 1.36 bits per heavy atom. The van der Waals surface area contributed by atoms with Gasteiger partial charge in [0.05, 0.1) is 11.3 Å². The van der Waals surface area contributed by atoms with Crippen molar-refractivity contribution < 1.29 is 0 Å². The third kappa shape index (κ3) is 1.57. The van der Waals surface area contributed by atoms with E-state index in [1.165, 1.54) is 0 Å². The summed E-state index contributed by atoms with van der Waals surface area (Å²) in [5.74, 6) is 0.426. The van der Waals surface area contributed by atoms with Crippen LogP contribution in [0.15, 0.2) is 24.4 Å². The lowest BCUT2D eigenvalue weighted by atomic mass is 10.1. The highest BCUT2D eigenvalue weighted by molar-refractivity contribution is 5.66. The molecule has 14 heavy (non-hydrogen) atoms. The van der Waals surface area contributed by atoms with Crippen LogP contribution in [0.3, 0.4) is 0 Å². The van der Waals surface area contributed by atoms with Gasteiger partial charge in [-0.1, -0.05) is 25.2 Å². The fourth-order valence-corrected chi connectivity index (χ4v) is 1.39. The van der Waals surface area contributed by atoms with Crippen molar-refractivity contribution in [1.29, 1.82) is 5.26 Å². The van der Waals surface area contributed by atoms with Crippen LogP contribution in [-0.2, 0) is 0 Å². The van der Waals surface area contributed by atoms with Crippen LogP contribution in [0.4, 0.5) is 0 Å². The van der Waals surface area contributed by atoms with Gasteiger partial charge in [0.1, 0.15) is 6.07 Å². The lowest BCUT2D eigenvalue weighted by Gasteiger charge is -1.98. The summed E-state index contributed by atoms with van der Waals surface area (Å²) in [6.07, 6.45) is 9.83. The quantitative estimate of drug-likeness (QED) is 0.618. The normalized spacial score (nSPS) is 18.4. The highest BCUT2D eigenvalue weighted by Crippen LogP contribution is 2.18. The van der Waals surface area contributed by atoms with E-state index in [0.717, 1.165) is 11.3 Å². The Hall–Kier alpha value is -1.88. The van der Waals surface area contributed by atoms with E-state index < -0.39 is 0 Å². The van der Waals surface area contributed by atoms with Crippen LogP contribution in [0.2, 0.25) is 0 Å². The molecule has 1 aliphatic rings. The Balaban J connectivity index is 2.53. The minimum absolute atomic E-state index is 0.426. The van der Waals surface area contributed by atoms with Gasteiger partial charge in [0, 0.05) is 11.8 Å². The van der Waals surface area contributed by atoms with Gasteiger partial charge >= 0.3 is 0 Å². The maximum atomic E-state index is 8.73. The SMILES string of the molecule is CC1C=Cc2cc(C#N)cnc2C=C1. The van der Waals surface area contributed by atoms with Crippen LogP contribution in [0, 0.1) is 17.2 Å². The first-order chi connectivity index (χ1) is 6.79. The van der Waals surface area contributed by atoms with Crippen LogP contribution in [-0.4, -0.2) is 4.98 Å². The second kappa shape index (κ2) is 3.47. The minimum Gasteiger partial charge on any atom is -0.255 e. The zero-order valence-electron chi connectivity index (χ0n) is 7.94. The predicted molar refractivity (Wildman–Crippen MR) is 56.2 cm³/mol. The molecular weight excluding hydrogens is 172 g/mol. The van der Waals surface area contributed by atoms with Crippen molar-refractivity contribution in [2.75, 3.05) is 0 Å². The maximum Gasteiger partial charge on any atom is 0.101 e. The van der Waals surface area contributed by atoms with Crippen LogP contribution in [0.5, 0.6) is 0 Å². The molecule has 1 atom stereocenters. The molecule has 1 aromatic rings. The van der Waals surface area contributed by atoms with Crippen LogP contribution >= 0.6 is 0 Å². The van der Waals surface area contributed by atoms with Gasteiger partial charge in [-0.15, -0.1) is 0 Å². The molecule has 2 nitrogen and oxygen atoms in total. The van der Waals surface area contributed by atoms with Gasteiger partial charge in [-0.05, 0) is 18.1 Å². The molecule has 0 saturated heterocycles. The number of allylic oxidation sites excluding steroid dienone is 2. The zero-order chi connectivity index (χ0) is 9.97. The van der Waals surface area contributed by atoms with Crippen molar-refractivity contribution in [3.63, 3.8) is 0 Å². The zero-order valence-corrected chi connectivity index (χ0v) is 7.94. The molecule has 1 aliphatic carbocycles. The van der Waals surface area contributed by atoms with E-state index in [0.29, 0.717) is 11.5 Å². The van der Waals surface area contributed by atoms with Crippen molar-refractivity contribution in [3.05, 3.63) is 41.2 Å². The Kier molecular flexibility index (Phi) is 2.16. The average molecular weight is 182 g/mol. The molecule has 0 aliphatic heterocycles. The minimum atomic E-state index is 0.426. The molecule has 2 heteroatoms. The van der Waals surface area contributed by atoms with Crippen molar-refractivity contribution >= 4 is 12.2 Å². The number of hydrogen-bond donors (Lipinski definition) is 0. The summed E-state index contributed by atoms with van der Waals surface area (Å²) in [6.45, 7) is 2.12. The molecule has 0 fully saturated rings. The molecule has 0 spiro atoms. The first-order valence-corrected chi connectivity index (χ1v) is 4.56. The Morgan fingerprint density at radius 2 is 2.14 bits per heavy atom. The van der Waals surface area contributed by atoms with Crippen LogP contribution < -0.4 is 0 Å². The van der Waals surface area contributed by atoms with E-state index in [1.807, 2.05) is 18.2 Å². The third-order valence-corrected chi connectivity index (χ3v) is 2.22. The summed E-state index contributed by atoms with van der Waals surface area (Å²) in [5, 5.41) is 8.73. The average Bonchev–Trinajstić information content (AvgIpc) is 2.40.